The molecule has 0 saturated heterocycles. The molecule has 30 heavy (non-hydrogen) atoms. The number of carbonyl (C=O) groups excluding carboxylic acids is 1. The lowest BCUT2D eigenvalue weighted by Crippen LogP contribution is -2.32. The first kappa shape index (κ1) is 20.2. The van der Waals surface area contributed by atoms with Gasteiger partial charge in [-0.05, 0) is 72.3 Å². The average molecular weight is 436 g/mol. The van der Waals surface area contributed by atoms with Gasteiger partial charge < -0.3 is 4.90 Å². The Kier molecular flexibility index (Phi) is 5.62. The number of rotatable bonds is 4. The Balaban J connectivity index is 1.77. The topological polar surface area (TPSA) is 35.9 Å². The molecule has 0 unspecified atom stereocenters. The third-order valence-electron chi connectivity index (χ3n) is 4.76. The summed E-state index contributed by atoms with van der Waals surface area (Å²) < 4.78 is 0. The van der Waals surface area contributed by atoms with E-state index in [0.29, 0.717) is 27.3 Å². The highest BCUT2D eigenvalue weighted by Gasteiger charge is 2.32. The van der Waals surface area contributed by atoms with Gasteiger partial charge in [0.25, 0.3) is 5.91 Å². The molecule has 3 aromatic rings. The highest BCUT2D eigenvalue weighted by atomic mass is 35.5. The SMILES string of the molecule is CN(C)c1ccc(/C=C2/N=C(c3ccc(Cl)cc3)N(c3ccc(Cl)cc3)C2=O)cc1. The maximum atomic E-state index is 13.3. The fourth-order valence-corrected chi connectivity index (χ4v) is 3.42. The minimum absolute atomic E-state index is 0.195. The zero-order valence-electron chi connectivity index (χ0n) is 16.5. The Labute approximate surface area is 185 Å². The molecule has 0 N–H and O–H groups in total. The minimum Gasteiger partial charge on any atom is -0.378 e. The van der Waals surface area contributed by atoms with Crippen LogP contribution in [0.1, 0.15) is 11.1 Å². The van der Waals surface area contributed by atoms with Crippen LogP contribution in [0.15, 0.2) is 83.5 Å². The van der Waals surface area contributed by atoms with Crippen molar-refractivity contribution in [3.8, 4) is 0 Å². The fraction of sp³-hybridized carbons (Fsp3) is 0.0833. The van der Waals surface area contributed by atoms with E-state index in [0.717, 1.165) is 16.8 Å². The molecular formula is C24H19Cl2N3O. The minimum atomic E-state index is -0.195. The third kappa shape index (κ3) is 4.11. The van der Waals surface area contributed by atoms with Gasteiger partial charge >= 0.3 is 0 Å². The summed E-state index contributed by atoms with van der Waals surface area (Å²) >= 11 is 12.1. The van der Waals surface area contributed by atoms with E-state index in [2.05, 4.69) is 4.99 Å². The van der Waals surface area contributed by atoms with E-state index >= 15 is 0 Å². The molecule has 0 bridgehead atoms. The predicted molar refractivity (Wildman–Crippen MR) is 126 cm³/mol. The van der Waals surface area contributed by atoms with Gasteiger partial charge in [0.15, 0.2) is 0 Å². The smallest absolute Gasteiger partial charge is 0.282 e. The Bertz CT molecular complexity index is 1130. The summed E-state index contributed by atoms with van der Waals surface area (Å²) in [6, 6.07) is 22.3. The van der Waals surface area contributed by atoms with E-state index in [-0.39, 0.29) is 5.91 Å². The van der Waals surface area contributed by atoms with Crippen LogP contribution in [0.4, 0.5) is 11.4 Å². The van der Waals surface area contributed by atoms with Gasteiger partial charge in [0.2, 0.25) is 0 Å². The molecular weight excluding hydrogens is 417 g/mol. The fourth-order valence-electron chi connectivity index (χ4n) is 3.17. The van der Waals surface area contributed by atoms with Crippen LogP contribution in [-0.4, -0.2) is 25.8 Å². The van der Waals surface area contributed by atoms with Crippen molar-refractivity contribution in [3.63, 3.8) is 0 Å². The Morgan fingerprint density at radius 2 is 1.40 bits per heavy atom. The highest BCUT2D eigenvalue weighted by Crippen LogP contribution is 2.29. The van der Waals surface area contributed by atoms with E-state index in [9.17, 15) is 4.79 Å². The molecule has 0 spiro atoms. The molecule has 0 aromatic heterocycles. The molecule has 0 atom stereocenters. The van der Waals surface area contributed by atoms with Gasteiger partial charge in [-0.25, -0.2) is 4.99 Å². The lowest BCUT2D eigenvalue weighted by molar-refractivity contribution is -0.113. The lowest BCUT2D eigenvalue weighted by Gasteiger charge is -2.18. The van der Waals surface area contributed by atoms with Crippen molar-refractivity contribution in [2.24, 2.45) is 4.99 Å². The van der Waals surface area contributed by atoms with Crippen molar-refractivity contribution in [2.75, 3.05) is 23.9 Å². The maximum absolute atomic E-state index is 13.3. The molecule has 1 amide bonds. The molecule has 4 nitrogen and oxygen atoms in total. The van der Waals surface area contributed by atoms with E-state index in [1.54, 1.807) is 47.4 Å². The number of aliphatic imine (C=N–C) groups is 1. The molecule has 1 aliphatic heterocycles. The molecule has 0 saturated carbocycles. The largest absolute Gasteiger partial charge is 0.378 e. The molecule has 4 rings (SSSR count). The average Bonchev–Trinajstić information content (AvgIpc) is 3.06. The van der Waals surface area contributed by atoms with E-state index in [1.165, 1.54) is 0 Å². The van der Waals surface area contributed by atoms with E-state index in [4.69, 9.17) is 23.2 Å². The van der Waals surface area contributed by atoms with Crippen LogP contribution < -0.4 is 9.80 Å². The third-order valence-corrected chi connectivity index (χ3v) is 5.26. The number of carbonyl (C=O) groups is 1. The first-order valence-corrected chi connectivity index (χ1v) is 10.1. The van der Waals surface area contributed by atoms with Crippen LogP contribution in [0.3, 0.4) is 0 Å². The predicted octanol–water partition coefficient (Wildman–Crippen LogP) is 5.89. The standard InChI is InChI=1S/C24H19Cl2N3O/c1-28(2)20-11-3-16(4-12-20)15-22-24(30)29(21-13-9-19(26)10-14-21)23(27-22)17-5-7-18(25)8-6-17/h3-15H,1-2H3/b22-15+. The van der Waals surface area contributed by atoms with Crippen molar-refractivity contribution in [3.05, 3.63) is 99.7 Å². The van der Waals surface area contributed by atoms with E-state index < -0.39 is 0 Å². The summed E-state index contributed by atoms with van der Waals surface area (Å²) in [6.45, 7) is 0. The van der Waals surface area contributed by atoms with Crippen molar-refractivity contribution < 1.29 is 4.79 Å². The number of amides is 1. The number of hydrogen-bond acceptors (Lipinski definition) is 3. The van der Waals surface area contributed by atoms with Gasteiger partial charge in [0.05, 0.1) is 5.69 Å². The second-order valence-electron chi connectivity index (χ2n) is 7.07. The summed E-state index contributed by atoms with van der Waals surface area (Å²) in [7, 11) is 3.97. The summed E-state index contributed by atoms with van der Waals surface area (Å²) in [4.78, 5) is 21.6. The molecule has 6 heteroatoms. The van der Waals surface area contributed by atoms with Crippen LogP contribution >= 0.6 is 23.2 Å². The van der Waals surface area contributed by atoms with Gasteiger partial charge in [0, 0.05) is 35.4 Å². The monoisotopic (exact) mass is 435 g/mol. The second kappa shape index (κ2) is 8.34. The molecule has 0 aliphatic carbocycles. The first-order valence-electron chi connectivity index (χ1n) is 9.36. The summed E-state index contributed by atoms with van der Waals surface area (Å²) in [5.41, 5.74) is 3.86. The molecule has 150 valence electrons. The second-order valence-corrected chi connectivity index (χ2v) is 7.95. The molecule has 1 aliphatic rings. The lowest BCUT2D eigenvalue weighted by atomic mass is 10.1. The number of benzene rings is 3. The van der Waals surface area contributed by atoms with Crippen molar-refractivity contribution in [2.45, 2.75) is 0 Å². The van der Waals surface area contributed by atoms with Gasteiger partial charge in [-0.15, -0.1) is 0 Å². The molecule has 0 fully saturated rings. The van der Waals surface area contributed by atoms with Gasteiger partial charge in [0.1, 0.15) is 11.5 Å². The number of amidine groups is 1. The zero-order chi connectivity index (χ0) is 21.3. The van der Waals surface area contributed by atoms with Gasteiger partial charge in [-0.3, -0.25) is 9.69 Å². The van der Waals surface area contributed by atoms with Crippen molar-refractivity contribution in [1.82, 2.24) is 0 Å². The summed E-state index contributed by atoms with van der Waals surface area (Å²) in [5.74, 6) is 0.356. The Morgan fingerprint density at radius 3 is 1.97 bits per heavy atom. The van der Waals surface area contributed by atoms with Gasteiger partial charge in [-0.2, -0.15) is 0 Å². The molecule has 0 radical (unpaired) electrons. The number of nitrogens with zero attached hydrogens (tertiary/aromatic N) is 3. The van der Waals surface area contributed by atoms with Crippen molar-refractivity contribution in [1.29, 1.82) is 0 Å². The summed E-state index contributed by atoms with van der Waals surface area (Å²) in [6.07, 6.45) is 1.80. The quantitative estimate of drug-likeness (QED) is 0.478. The van der Waals surface area contributed by atoms with Crippen LogP contribution in [0.25, 0.3) is 6.08 Å². The normalized spacial score (nSPS) is 14.9. The zero-order valence-corrected chi connectivity index (χ0v) is 18.0. The van der Waals surface area contributed by atoms with Crippen LogP contribution in [0, 0.1) is 0 Å². The first-order chi connectivity index (χ1) is 14.4. The van der Waals surface area contributed by atoms with E-state index in [1.807, 2.05) is 55.4 Å². The molecule has 1 heterocycles. The van der Waals surface area contributed by atoms with Gasteiger partial charge in [-0.1, -0.05) is 35.3 Å². The number of anilines is 2. The Hall–Kier alpha value is -3.08. The molecule has 3 aromatic carbocycles. The summed E-state index contributed by atoms with van der Waals surface area (Å²) in [5, 5.41) is 1.23. The Morgan fingerprint density at radius 1 is 0.833 bits per heavy atom. The van der Waals surface area contributed by atoms with Crippen LogP contribution in [0.2, 0.25) is 10.0 Å². The van der Waals surface area contributed by atoms with Crippen molar-refractivity contribution >= 4 is 52.4 Å². The number of hydrogen-bond donors (Lipinski definition) is 0. The highest BCUT2D eigenvalue weighted by molar-refractivity contribution is 6.34. The number of halogens is 2. The van der Waals surface area contributed by atoms with Crippen LogP contribution in [0.5, 0.6) is 0 Å². The maximum Gasteiger partial charge on any atom is 0.282 e. The van der Waals surface area contributed by atoms with Crippen LogP contribution in [-0.2, 0) is 4.79 Å².